The van der Waals surface area contributed by atoms with Crippen molar-refractivity contribution in [2.75, 3.05) is 20.1 Å². The maximum atomic E-state index is 14.6. The molecule has 1 aliphatic heterocycles. The monoisotopic (exact) mass is 334 g/mol. The summed E-state index contributed by atoms with van der Waals surface area (Å²) in [6.45, 7) is 1.29. The average Bonchev–Trinajstić information content (AvgIpc) is 2.62. The molecule has 1 heterocycles. The second kappa shape index (κ2) is 6.13. The van der Waals surface area contributed by atoms with Gasteiger partial charge >= 0.3 is 0 Å². The van der Waals surface area contributed by atoms with E-state index >= 15 is 0 Å². The van der Waals surface area contributed by atoms with Gasteiger partial charge in [-0.15, -0.1) is 0 Å². The summed E-state index contributed by atoms with van der Waals surface area (Å²) in [5.41, 5.74) is -1.08. The predicted octanol–water partition coefficient (Wildman–Crippen LogP) is 1.19. The fraction of sp³-hybridized carbons (Fsp3) is 0.368. The summed E-state index contributed by atoms with van der Waals surface area (Å²) >= 11 is 0. The second-order valence-corrected chi connectivity index (χ2v) is 6.68. The topological polar surface area (TPSA) is 99.7 Å². The summed E-state index contributed by atoms with van der Waals surface area (Å²) in [4.78, 5) is 1.16. The van der Waals surface area contributed by atoms with Crippen LogP contribution in [0.5, 0.6) is 0 Å². The van der Waals surface area contributed by atoms with Crippen LogP contribution in [0.1, 0.15) is 11.5 Å². The van der Waals surface area contributed by atoms with Crippen LogP contribution in [0.15, 0.2) is 35.9 Å². The molecular weight excluding hydrogens is 317 g/mol. The fourth-order valence-electron chi connectivity index (χ4n) is 4.13. The fourth-order valence-corrected chi connectivity index (χ4v) is 4.13. The highest BCUT2D eigenvalue weighted by atomic mass is 19.1. The summed E-state index contributed by atoms with van der Waals surface area (Å²) in [5.74, 6) is -2.53. The van der Waals surface area contributed by atoms with Crippen molar-refractivity contribution in [1.29, 1.82) is 21.2 Å². The quantitative estimate of drug-likeness (QED) is 0.754. The molecule has 0 amide bonds. The molecule has 1 fully saturated rings. The van der Waals surface area contributed by atoms with Gasteiger partial charge in [-0.3, -0.25) is 0 Å². The minimum atomic E-state index is -1.85. The lowest BCUT2D eigenvalue weighted by Gasteiger charge is -2.45. The number of quaternary nitrogens is 1. The molecule has 2 unspecified atom stereocenters. The third kappa shape index (κ3) is 2.33. The molecule has 3 rings (SSSR count). The van der Waals surface area contributed by atoms with Crippen molar-refractivity contribution in [1.82, 2.24) is 0 Å². The molecule has 1 aromatic carbocycles. The third-order valence-electron chi connectivity index (χ3n) is 5.32. The Balaban J connectivity index is 2.30. The van der Waals surface area contributed by atoms with E-state index in [9.17, 15) is 20.2 Å². The molecule has 25 heavy (non-hydrogen) atoms. The largest absolute Gasteiger partial charge is 0.334 e. The van der Waals surface area contributed by atoms with E-state index in [1.165, 1.54) is 6.07 Å². The van der Waals surface area contributed by atoms with Gasteiger partial charge in [0.05, 0.1) is 44.1 Å². The van der Waals surface area contributed by atoms with E-state index < -0.39 is 23.1 Å². The molecule has 0 aromatic heterocycles. The number of halogens is 1. The first-order valence-electron chi connectivity index (χ1n) is 8.06. The highest BCUT2D eigenvalue weighted by molar-refractivity contribution is 6.00. The Morgan fingerprint density at radius 3 is 2.52 bits per heavy atom. The van der Waals surface area contributed by atoms with Crippen molar-refractivity contribution >= 4 is 5.71 Å². The van der Waals surface area contributed by atoms with Crippen LogP contribution in [-0.4, -0.2) is 25.8 Å². The summed E-state index contributed by atoms with van der Waals surface area (Å²) in [6, 6.07) is 12.1. The molecule has 0 bridgehead atoms. The minimum absolute atomic E-state index is 0.240. The number of nitrogens with one attached hydrogen (secondary N) is 2. The van der Waals surface area contributed by atoms with Crippen molar-refractivity contribution in [3.05, 3.63) is 47.3 Å². The molecular formula is C19H17FN5+. The Morgan fingerprint density at radius 1 is 1.24 bits per heavy atom. The summed E-state index contributed by atoms with van der Waals surface area (Å²) < 4.78 is 14.6. The molecule has 0 spiro atoms. The van der Waals surface area contributed by atoms with Crippen LogP contribution in [-0.2, 0) is 0 Å². The van der Waals surface area contributed by atoms with Gasteiger partial charge in [-0.05, 0) is 23.3 Å². The number of fused-ring (bicyclic) bond motifs is 1. The summed E-state index contributed by atoms with van der Waals surface area (Å²) in [5, 5.41) is 37.7. The van der Waals surface area contributed by atoms with Gasteiger partial charge in [0.2, 0.25) is 0 Å². The molecule has 0 radical (unpaired) electrons. The van der Waals surface area contributed by atoms with Crippen LogP contribution in [0.25, 0.3) is 0 Å². The Morgan fingerprint density at radius 2 is 1.92 bits per heavy atom. The Hall–Kier alpha value is -3.01. The van der Waals surface area contributed by atoms with Crippen LogP contribution in [0.4, 0.5) is 4.39 Å². The first-order valence-corrected chi connectivity index (χ1v) is 8.06. The first-order chi connectivity index (χ1) is 12.0. The van der Waals surface area contributed by atoms with Gasteiger partial charge < -0.3 is 10.3 Å². The molecule has 2 N–H and O–H groups in total. The van der Waals surface area contributed by atoms with Crippen molar-refractivity contribution in [3.8, 4) is 18.2 Å². The second-order valence-electron chi connectivity index (χ2n) is 6.68. The maximum Gasteiger partial charge on any atom is 0.190 e. The van der Waals surface area contributed by atoms with Crippen LogP contribution in [0.2, 0.25) is 0 Å². The van der Waals surface area contributed by atoms with E-state index in [1.54, 1.807) is 18.2 Å². The van der Waals surface area contributed by atoms with E-state index in [2.05, 4.69) is 6.07 Å². The highest BCUT2D eigenvalue weighted by Crippen LogP contribution is 2.52. The van der Waals surface area contributed by atoms with Crippen molar-refractivity contribution < 1.29 is 9.29 Å². The number of nitrogens with zero attached hydrogens (tertiary/aromatic N) is 3. The summed E-state index contributed by atoms with van der Waals surface area (Å²) in [6.07, 6.45) is 1.92. The molecule has 5 nitrogen and oxygen atoms in total. The van der Waals surface area contributed by atoms with E-state index in [4.69, 9.17) is 5.41 Å². The first kappa shape index (κ1) is 16.8. The number of hydrogen-bond acceptors (Lipinski definition) is 4. The molecule has 1 aliphatic carbocycles. The SMILES string of the molecule is C[NH+]1CC=C2C(C#N)C(=N)C(C#N)(C#N)[C@@H](c3ccccc3F)[C@H]2C1. The highest BCUT2D eigenvalue weighted by Gasteiger charge is 2.58. The summed E-state index contributed by atoms with van der Waals surface area (Å²) in [7, 11) is 1.98. The Kier molecular flexibility index (Phi) is 4.13. The lowest BCUT2D eigenvalue weighted by atomic mass is 9.54. The van der Waals surface area contributed by atoms with Crippen LogP contribution in [0.3, 0.4) is 0 Å². The molecule has 1 aromatic rings. The Bertz CT molecular complexity index is 868. The standard InChI is InChI=1S/C19H16FN5/c1-25-7-6-12-14(8-21)18(24)19(10-22,11-23)17(15(12)9-25)13-4-2-3-5-16(13)20/h2-6,14-15,17,24H,7,9H2,1H3/p+1/t14?,15-,17-/m0/s1. The van der Waals surface area contributed by atoms with Gasteiger partial charge in [0, 0.05) is 11.8 Å². The maximum absolute atomic E-state index is 14.6. The zero-order valence-electron chi connectivity index (χ0n) is 13.8. The van der Waals surface area contributed by atoms with Crippen LogP contribution < -0.4 is 4.90 Å². The molecule has 6 heteroatoms. The molecule has 1 saturated carbocycles. The van der Waals surface area contributed by atoms with Crippen LogP contribution in [0, 0.1) is 62.5 Å². The number of benzene rings is 1. The van der Waals surface area contributed by atoms with Crippen LogP contribution >= 0.6 is 0 Å². The zero-order valence-corrected chi connectivity index (χ0v) is 13.8. The third-order valence-corrected chi connectivity index (χ3v) is 5.32. The molecule has 2 aliphatic rings. The van der Waals surface area contributed by atoms with Crippen molar-refractivity contribution in [3.63, 3.8) is 0 Å². The van der Waals surface area contributed by atoms with Crippen molar-refractivity contribution in [2.24, 2.45) is 17.3 Å². The van der Waals surface area contributed by atoms with E-state index in [0.29, 0.717) is 13.1 Å². The lowest BCUT2D eigenvalue weighted by Crippen LogP contribution is -3.10. The van der Waals surface area contributed by atoms with E-state index in [1.807, 2.05) is 25.3 Å². The predicted molar refractivity (Wildman–Crippen MR) is 87.8 cm³/mol. The van der Waals surface area contributed by atoms with Gasteiger partial charge in [-0.1, -0.05) is 18.2 Å². The van der Waals surface area contributed by atoms with Gasteiger partial charge in [-0.25, -0.2) is 4.39 Å². The minimum Gasteiger partial charge on any atom is -0.334 e. The van der Waals surface area contributed by atoms with E-state index in [0.717, 1.165) is 10.5 Å². The molecule has 4 atom stereocenters. The molecule has 124 valence electrons. The van der Waals surface area contributed by atoms with Gasteiger partial charge in [0.15, 0.2) is 5.41 Å². The van der Waals surface area contributed by atoms with Gasteiger partial charge in [0.25, 0.3) is 0 Å². The smallest absolute Gasteiger partial charge is 0.190 e. The Labute approximate surface area is 145 Å². The normalized spacial score (nSPS) is 30.2. The number of nitriles is 3. The average molecular weight is 334 g/mol. The van der Waals surface area contributed by atoms with Gasteiger partial charge in [0.1, 0.15) is 11.7 Å². The van der Waals surface area contributed by atoms with Crippen molar-refractivity contribution in [2.45, 2.75) is 5.92 Å². The number of hydrogen-bond donors (Lipinski definition) is 2. The van der Waals surface area contributed by atoms with E-state index in [-0.39, 0.29) is 17.2 Å². The lowest BCUT2D eigenvalue weighted by molar-refractivity contribution is -0.878. The zero-order chi connectivity index (χ0) is 18.2. The van der Waals surface area contributed by atoms with Gasteiger partial charge in [-0.2, -0.15) is 15.8 Å². The number of rotatable bonds is 1. The number of likely N-dealkylation sites (N-methyl/N-ethyl adjacent to an activating group) is 1. The molecule has 0 saturated heterocycles.